The Morgan fingerprint density at radius 1 is 0.773 bits per heavy atom. The lowest BCUT2D eigenvalue weighted by Gasteiger charge is -2.21. The van der Waals surface area contributed by atoms with E-state index in [1.807, 2.05) is 0 Å². The van der Waals surface area contributed by atoms with Gasteiger partial charge in [-0.25, -0.2) is 9.59 Å². The maximum Gasteiger partial charge on any atom is 0.326 e. The van der Waals surface area contributed by atoms with Gasteiger partial charge in [0.15, 0.2) is 0 Å². The maximum atomic E-state index is 11.0. The summed E-state index contributed by atoms with van der Waals surface area (Å²) in [5.74, 6) is -5.12. The van der Waals surface area contributed by atoms with Crippen molar-refractivity contribution in [1.29, 1.82) is 0 Å². The first-order chi connectivity index (χ1) is 10.1. The number of aliphatic carboxylic acids is 4. The van der Waals surface area contributed by atoms with Gasteiger partial charge in [-0.05, 0) is 12.8 Å². The monoisotopic (exact) mass is 318 g/mol. The van der Waals surface area contributed by atoms with Gasteiger partial charge in [0.25, 0.3) is 0 Å². The van der Waals surface area contributed by atoms with Crippen molar-refractivity contribution in [1.82, 2.24) is 10.6 Å². The quantitative estimate of drug-likeness (QED) is 0.269. The second kappa shape index (κ2) is 9.21. The van der Waals surface area contributed by atoms with E-state index < -0.39 is 48.8 Å². The fraction of sp³-hybridized carbons (Fsp3) is 0.500. The summed E-state index contributed by atoms with van der Waals surface area (Å²) in [6, 6.07) is -2.52. The van der Waals surface area contributed by atoms with Crippen molar-refractivity contribution < 1.29 is 39.6 Å². The van der Waals surface area contributed by atoms with Crippen molar-refractivity contribution in [3.63, 3.8) is 0 Å². The van der Waals surface area contributed by atoms with Crippen LogP contribution in [0.4, 0.5) is 0 Å². The van der Waals surface area contributed by atoms with Gasteiger partial charge < -0.3 is 31.1 Å². The Bertz CT molecular complexity index is 422. The molecule has 0 aromatic carbocycles. The number of carboxylic acid groups (broad SMARTS) is 4. The first kappa shape index (κ1) is 19.2. The highest BCUT2D eigenvalue weighted by atomic mass is 16.4. The van der Waals surface area contributed by atoms with Crippen LogP contribution in [-0.2, 0) is 19.2 Å². The van der Waals surface area contributed by atoms with Gasteiger partial charge in [0.05, 0.1) is 5.82 Å². The van der Waals surface area contributed by atoms with Gasteiger partial charge in [-0.1, -0.05) is 6.58 Å². The maximum absolute atomic E-state index is 11.0. The molecule has 10 nitrogen and oxygen atoms in total. The zero-order valence-corrected chi connectivity index (χ0v) is 11.6. The largest absolute Gasteiger partial charge is 0.481 e. The minimum absolute atomic E-state index is 0.143. The highest BCUT2D eigenvalue weighted by molar-refractivity contribution is 5.76. The molecule has 0 aliphatic heterocycles. The second-order valence-electron chi connectivity index (χ2n) is 4.41. The topological polar surface area (TPSA) is 173 Å². The number of rotatable bonds is 12. The van der Waals surface area contributed by atoms with Crippen LogP contribution < -0.4 is 10.6 Å². The zero-order chi connectivity index (χ0) is 17.3. The van der Waals surface area contributed by atoms with E-state index in [0.717, 1.165) is 0 Å². The molecule has 0 aromatic rings. The molecule has 10 heteroatoms. The van der Waals surface area contributed by atoms with E-state index in [4.69, 9.17) is 20.4 Å². The molecule has 0 heterocycles. The molecule has 0 rings (SSSR count). The number of hydrogen-bond donors (Lipinski definition) is 6. The van der Waals surface area contributed by atoms with Crippen molar-refractivity contribution in [2.24, 2.45) is 0 Å². The van der Waals surface area contributed by atoms with Crippen LogP contribution in [0.5, 0.6) is 0 Å². The van der Waals surface area contributed by atoms with Crippen molar-refractivity contribution in [2.75, 3.05) is 0 Å². The number of hydrogen-bond acceptors (Lipinski definition) is 6. The molecule has 22 heavy (non-hydrogen) atoms. The molecule has 0 aromatic heterocycles. The highest BCUT2D eigenvalue weighted by Crippen LogP contribution is 2.03. The molecule has 0 saturated heterocycles. The normalized spacial score (nSPS) is 12.7. The van der Waals surface area contributed by atoms with Crippen molar-refractivity contribution in [2.45, 2.75) is 37.8 Å². The van der Waals surface area contributed by atoms with E-state index in [0.29, 0.717) is 0 Å². The average Bonchev–Trinajstić information content (AvgIpc) is 2.38. The van der Waals surface area contributed by atoms with Gasteiger partial charge in [0.2, 0.25) is 0 Å². The van der Waals surface area contributed by atoms with Crippen molar-refractivity contribution in [3.05, 3.63) is 12.4 Å². The summed E-state index contributed by atoms with van der Waals surface area (Å²) < 4.78 is 0. The van der Waals surface area contributed by atoms with Crippen LogP contribution in [0.15, 0.2) is 12.4 Å². The SMILES string of the molecule is C=C(N[C@@H](CCC(=O)O)C(=O)O)N[C@@H](CCC(=O)O)C(=O)O. The number of carboxylic acids is 4. The third-order valence-corrected chi connectivity index (χ3v) is 2.59. The van der Waals surface area contributed by atoms with Gasteiger partial charge in [0.1, 0.15) is 12.1 Å². The Labute approximate surface area is 125 Å². The summed E-state index contributed by atoms with van der Waals surface area (Å²) in [6.45, 7) is 3.41. The number of nitrogens with one attached hydrogen (secondary N) is 2. The van der Waals surface area contributed by atoms with Gasteiger partial charge in [-0.15, -0.1) is 0 Å². The summed E-state index contributed by atoms with van der Waals surface area (Å²) in [5, 5.41) is 39.7. The molecule has 0 radical (unpaired) electrons. The second-order valence-corrected chi connectivity index (χ2v) is 4.41. The minimum atomic E-state index is -1.32. The van der Waals surface area contributed by atoms with E-state index in [9.17, 15) is 19.2 Å². The Hall–Kier alpha value is -2.78. The Morgan fingerprint density at radius 2 is 1.09 bits per heavy atom. The Morgan fingerprint density at radius 3 is 1.32 bits per heavy atom. The predicted octanol–water partition coefficient (Wildman–Crippen LogP) is -0.727. The van der Waals surface area contributed by atoms with Crippen LogP contribution in [0.1, 0.15) is 25.7 Å². The molecule has 0 spiro atoms. The standard InChI is InChI=1S/C12H18N2O8/c1-6(13-7(11(19)20)2-4-9(15)16)14-8(12(21)22)3-5-10(17)18/h7-8,13-14H,1-5H2,(H,15,16)(H,17,18)(H,19,20)(H,21,22)/t7-,8-/m0/s1. The van der Waals surface area contributed by atoms with Crippen LogP contribution in [0, 0.1) is 0 Å². The first-order valence-corrected chi connectivity index (χ1v) is 6.24. The first-order valence-electron chi connectivity index (χ1n) is 6.24. The molecule has 0 saturated carbocycles. The van der Waals surface area contributed by atoms with Crippen molar-refractivity contribution in [3.8, 4) is 0 Å². The molecule has 124 valence electrons. The Balaban J connectivity index is 4.57. The molecule has 6 N–H and O–H groups in total. The molecule has 0 bridgehead atoms. The summed E-state index contributed by atoms with van der Waals surface area (Å²) in [5.41, 5.74) is 0. The smallest absolute Gasteiger partial charge is 0.326 e. The van der Waals surface area contributed by atoms with Crippen LogP contribution >= 0.6 is 0 Å². The zero-order valence-electron chi connectivity index (χ0n) is 11.6. The summed E-state index contributed by atoms with van der Waals surface area (Å²) in [6.07, 6.45) is -1.23. The molecular weight excluding hydrogens is 300 g/mol. The summed E-state index contributed by atoms with van der Waals surface area (Å²) in [7, 11) is 0. The van der Waals surface area contributed by atoms with E-state index >= 15 is 0 Å². The van der Waals surface area contributed by atoms with E-state index in [1.54, 1.807) is 0 Å². The van der Waals surface area contributed by atoms with Crippen LogP contribution in [-0.4, -0.2) is 56.4 Å². The van der Waals surface area contributed by atoms with Crippen LogP contribution in [0.3, 0.4) is 0 Å². The van der Waals surface area contributed by atoms with E-state index in [-0.39, 0.29) is 18.7 Å². The molecule has 2 atom stereocenters. The molecule has 0 aliphatic carbocycles. The lowest BCUT2D eigenvalue weighted by molar-refractivity contribution is -0.141. The van der Waals surface area contributed by atoms with Crippen LogP contribution in [0.25, 0.3) is 0 Å². The lowest BCUT2D eigenvalue weighted by atomic mass is 10.1. The summed E-state index contributed by atoms with van der Waals surface area (Å²) >= 11 is 0. The molecule has 0 unspecified atom stereocenters. The predicted molar refractivity (Wildman–Crippen MR) is 72.0 cm³/mol. The van der Waals surface area contributed by atoms with E-state index in [2.05, 4.69) is 17.2 Å². The van der Waals surface area contributed by atoms with Gasteiger partial charge in [-0.3, -0.25) is 9.59 Å². The van der Waals surface area contributed by atoms with Crippen molar-refractivity contribution >= 4 is 23.9 Å². The molecular formula is C12H18N2O8. The number of carbonyl (C=O) groups is 4. The molecule has 0 amide bonds. The molecule has 0 fully saturated rings. The lowest BCUT2D eigenvalue weighted by Crippen LogP contribution is -2.45. The minimum Gasteiger partial charge on any atom is -0.481 e. The Kier molecular flexibility index (Phi) is 8.05. The highest BCUT2D eigenvalue weighted by Gasteiger charge is 2.22. The van der Waals surface area contributed by atoms with Gasteiger partial charge in [0, 0.05) is 12.8 Å². The average molecular weight is 318 g/mol. The van der Waals surface area contributed by atoms with Gasteiger partial charge in [-0.2, -0.15) is 0 Å². The van der Waals surface area contributed by atoms with Gasteiger partial charge >= 0.3 is 23.9 Å². The third-order valence-electron chi connectivity index (χ3n) is 2.59. The van der Waals surface area contributed by atoms with Crippen LogP contribution in [0.2, 0.25) is 0 Å². The van der Waals surface area contributed by atoms with E-state index in [1.165, 1.54) is 0 Å². The fourth-order valence-corrected chi connectivity index (χ4v) is 1.51. The third kappa shape index (κ3) is 8.40. The fourth-order valence-electron chi connectivity index (χ4n) is 1.51. The molecule has 0 aliphatic rings. The summed E-state index contributed by atoms with van der Waals surface area (Å²) in [4.78, 5) is 42.8.